The third kappa shape index (κ3) is 3.76. The number of rotatable bonds is 5. The smallest absolute Gasteiger partial charge is 0.238 e. The Kier molecular flexibility index (Phi) is 4.90. The van der Waals surface area contributed by atoms with Crippen LogP contribution in [-0.2, 0) is 16.1 Å². The maximum Gasteiger partial charge on any atom is 0.238 e. The fourth-order valence-electron chi connectivity index (χ4n) is 2.35. The number of hydrogen-bond donors (Lipinski definition) is 2. The van der Waals surface area contributed by atoms with Crippen molar-refractivity contribution in [3.05, 3.63) is 29.8 Å². The number of carbonyl (C=O) groups is 1. The molecule has 1 unspecified atom stereocenters. The van der Waals surface area contributed by atoms with Gasteiger partial charge in [-0.3, -0.25) is 9.69 Å². The van der Waals surface area contributed by atoms with E-state index in [0.29, 0.717) is 13.1 Å². The van der Waals surface area contributed by atoms with Gasteiger partial charge in [-0.2, -0.15) is 0 Å². The van der Waals surface area contributed by atoms with E-state index >= 15 is 0 Å². The molecule has 3 N–H and O–H groups in total. The number of anilines is 1. The van der Waals surface area contributed by atoms with Crippen molar-refractivity contribution in [1.29, 1.82) is 0 Å². The van der Waals surface area contributed by atoms with E-state index in [-0.39, 0.29) is 12.0 Å². The van der Waals surface area contributed by atoms with Crippen molar-refractivity contribution in [2.24, 2.45) is 5.73 Å². The summed E-state index contributed by atoms with van der Waals surface area (Å²) in [5, 5.41) is 2.92. The van der Waals surface area contributed by atoms with Gasteiger partial charge in [0.1, 0.15) is 0 Å². The number of para-hydroxylation sites is 1. The molecular weight excluding hydrogens is 242 g/mol. The van der Waals surface area contributed by atoms with Gasteiger partial charge in [-0.1, -0.05) is 18.2 Å². The normalized spacial score (nSPS) is 19.6. The Bertz CT molecular complexity index is 436. The Hall–Kier alpha value is -1.43. The van der Waals surface area contributed by atoms with Gasteiger partial charge in [0.2, 0.25) is 5.91 Å². The Morgan fingerprint density at radius 3 is 3.00 bits per heavy atom. The zero-order valence-electron chi connectivity index (χ0n) is 11.3. The third-order valence-electron chi connectivity index (χ3n) is 3.44. The molecule has 19 heavy (non-hydrogen) atoms. The van der Waals surface area contributed by atoms with Crippen LogP contribution in [0.15, 0.2) is 24.3 Å². The average molecular weight is 263 g/mol. The molecule has 1 aromatic rings. The first-order valence-corrected chi connectivity index (χ1v) is 6.56. The summed E-state index contributed by atoms with van der Waals surface area (Å²) < 4.78 is 5.29. The van der Waals surface area contributed by atoms with E-state index in [1.54, 1.807) is 7.11 Å². The van der Waals surface area contributed by atoms with Crippen LogP contribution in [0, 0.1) is 0 Å². The quantitative estimate of drug-likeness (QED) is 0.825. The molecule has 2 rings (SSSR count). The zero-order chi connectivity index (χ0) is 13.7. The summed E-state index contributed by atoms with van der Waals surface area (Å²) in [7, 11) is 1.71. The summed E-state index contributed by atoms with van der Waals surface area (Å²) in [5.74, 6) is -0.00217. The van der Waals surface area contributed by atoms with Crippen LogP contribution in [-0.4, -0.2) is 43.7 Å². The topological polar surface area (TPSA) is 67.6 Å². The molecule has 0 aliphatic carbocycles. The third-order valence-corrected chi connectivity index (χ3v) is 3.44. The number of methoxy groups -OCH3 is 1. The minimum absolute atomic E-state index is 0.00217. The van der Waals surface area contributed by atoms with Crippen LogP contribution >= 0.6 is 0 Å². The first-order chi connectivity index (χ1) is 9.22. The van der Waals surface area contributed by atoms with Crippen LogP contribution < -0.4 is 11.1 Å². The van der Waals surface area contributed by atoms with Crippen molar-refractivity contribution in [3.63, 3.8) is 0 Å². The van der Waals surface area contributed by atoms with Gasteiger partial charge in [-0.05, 0) is 18.1 Å². The standard InChI is InChI=1S/C14H21N3O2/c1-19-12-6-7-17(9-12)10-14(18)16-13-5-3-2-4-11(13)8-15/h2-5,12H,6-10,15H2,1H3,(H,16,18). The minimum Gasteiger partial charge on any atom is -0.380 e. The van der Waals surface area contributed by atoms with Crippen LogP contribution in [0.2, 0.25) is 0 Å². The molecule has 1 aromatic carbocycles. The number of carbonyl (C=O) groups excluding carboxylic acids is 1. The Morgan fingerprint density at radius 1 is 1.53 bits per heavy atom. The van der Waals surface area contributed by atoms with E-state index in [4.69, 9.17) is 10.5 Å². The highest BCUT2D eigenvalue weighted by Crippen LogP contribution is 2.15. The molecule has 0 saturated carbocycles. The number of amides is 1. The second kappa shape index (κ2) is 6.65. The summed E-state index contributed by atoms with van der Waals surface area (Å²) in [6.45, 7) is 2.55. The van der Waals surface area contributed by atoms with Gasteiger partial charge in [0.05, 0.1) is 12.6 Å². The van der Waals surface area contributed by atoms with E-state index in [2.05, 4.69) is 10.2 Å². The van der Waals surface area contributed by atoms with E-state index in [1.165, 1.54) is 0 Å². The monoisotopic (exact) mass is 263 g/mol. The molecular formula is C14H21N3O2. The summed E-state index contributed by atoms with van der Waals surface area (Å²) in [6.07, 6.45) is 1.24. The Labute approximate surface area is 113 Å². The first kappa shape index (κ1) is 14.0. The Balaban J connectivity index is 1.87. The largest absolute Gasteiger partial charge is 0.380 e. The molecule has 1 atom stereocenters. The van der Waals surface area contributed by atoms with E-state index in [0.717, 1.165) is 30.8 Å². The molecule has 1 aliphatic rings. The molecule has 1 saturated heterocycles. The number of nitrogens with one attached hydrogen (secondary N) is 1. The summed E-state index contributed by atoms with van der Waals surface area (Å²) in [5.41, 5.74) is 7.40. The van der Waals surface area contributed by atoms with Crippen molar-refractivity contribution < 1.29 is 9.53 Å². The highest BCUT2D eigenvalue weighted by atomic mass is 16.5. The maximum atomic E-state index is 12.0. The van der Waals surface area contributed by atoms with Crippen molar-refractivity contribution in [2.45, 2.75) is 19.1 Å². The SMILES string of the molecule is COC1CCN(CC(=O)Nc2ccccc2CN)C1. The maximum absolute atomic E-state index is 12.0. The van der Waals surface area contributed by atoms with Gasteiger partial charge < -0.3 is 15.8 Å². The molecule has 0 bridgehead atoms. The molecule has 1 fully saturated rings. The molecule has 1 aliphatic heterocycles. The minimum atomic E-state index is -0.00217. The molecule has 1 amide bonds. The van der Waals surface area contributed by atoms with Gasteiger partial charge in [0.15, 0.2) is 0 Å². The Morgan fingerprint density at radius 2 is 2.32 bits per heavy atom. The predicted molar refractivity (Wildman–Crippen MR) is 74.8 cm³/mol. The number of likely N-dealkylation sites (tertiary alicyclic amines) is 1. The van der Waals surface area contributed by atoms with Gasteiger partial charge in [-0.25, -0.2) is 0 Å². The molecule has 0 radical (unpaired) electrons. The summed E-state index contributed by atoms with van der Waals surface area (Å²) in [6, 6.07) is 7.61. The van der Waals surface area contributed by atoms with Gasteiger partial charge in [0.25, 0.3) is 0 Å². The zero-order valence-corrected chi connectivity index (χ0v) is 11.3. The van der Waals surface area contributed by atoms with Crippen molar-refractivity contribution in [3.8, 4) is 0 Å². The molecule has 5 nitrogen and oxygen atoms in total. The summed E-state index contributed by atoms with van der Waals surface area (Å²) in [4.78, 5) is 14.1. The molecule has 0 spiro atoms. The second-order valence-electron chi connectivity index (χ2n) is 4.79. The fourth-order valence-corrected chi connectivity index (χ4v) is 2.35. The van der Waals surface area contributed by atoms with Gasteiger partial charge >= 0.3 is 0 Å². The van der Waals surface area contributed by atoms with Gasteiger partial charge in [-0.15, -0.1) is 0 Å². The van der Waals surface area contributed by atoms with Gasteiger partial charge in [0, 0.05) is 32.4 Å². The molecule has 1 heterocycles. The molecule has 0 aromatic heterocycles. The van der Waals surface area contributed by atoms with Crippen LogP contribution in [0.25, 0.3) is 0 Å². The number of nitrogens with two attached hydrogens (primary N) is 1. The predicted octanol–water partition coefficient (Wildman–Crippen LogP) is 0.804. The lowest BCUT2D eigenvalue weighted by Gasteiger charge is -2.16. The van der Waals surface area contributed by atoms with Crippen molar-refractivity contribution in [2.75, 3.05) is 32.1 Å². The van der Waals surface area contributed by atoms with Crippen molar-refractivity contribution in [1.82, 2.24) is 4.90 Å². The molecule has 5 heteroatoms. The number of benzene rings is 1. The number of nitrogens with zero attached hydrogens (tertiary/aromatic N) is 1. The second-order valence-corrected chi connectivity index (χ2v) is 4.79. The average Bonchev–Trinajstić information content (AvgIpc) is 2.87. The van der Waals surface area contributed by atoms with Crippen LogP contribution in [0.1, 0.15) is 12.0 Å². The summed E-state index contributed by atoms with van der Waals surface area (Å²) >= 11 is 0. The number of ether oxygens (including phenoxy) is 1. The molecule has 104 valence electrons. The van der Waals surface area contributed by atoms with E-state index in [9.17, 15) is 4.79 Å². The highest BCUT2D eigenvalue weighted by molar-refractivity contribution is 5.93. The lowest BCUT2D eigenvalue weighted by Crippen LogP contribution is -2.32. The van der Waals surface area contributed by atoms with Crippen LogP contribution in [0.3, 0.4) is 0 Å². The first-order valence-electron chi connectivity index (χ1n) is 6.56. The number of hydrogen-bond acceptors (Lipinski definition) is 4. The highest BCUT2D eigenvalue weighted by Gasteiger charge is 2.23. The van der Waals surface area contributed by atoms with Crippen LogP contribution in [0.4, 0.5) is 5.69 Å². The lowest BCUT2D eigenvalue weighted by atomic mass is 10.2. The van der Waals surface area contributed by atoms with E-state index < -0.39 is 0 Å². The lowest BCUT2D eigenvalue weighted by molar-refractivity contribution is -0.117. The van der Waals surface area contributed by atoms with E-state index in [1.807, 2.05) is 24.3 Å². The van der Waals surface area contributed by atoms with Crippen molar-refractivity contribution >= 4 is 11.6 Å². The van der Waals surface area contributed by atoms with Crippen LogP contribution in [0.5, 0.6) is 0 Å². The fraction of sp³-hybridized carbons (Fsp3) is 0.500.